The molecular formula is C20H20O3. The Morgan fingerprint density at radius 1 is 0.522 bits per heavy atom. The number of hydrogen-bond donors (Lipinski definition) is 0. The Morgan fingerprint density at radius 3 is 1.39 bits per heavy atom. The first kappa shape index (κ1) is 15.5. The fourth-order valence-electron chi connectivity index (χ4n) is 2.26. The van der Waals surface area contributed by atoms with Gasteiger partial charge < -0.3 is 13.9 Å². The van der Waals surface area contributed by atoms with E-state index in [1.165, 1.54) is 0 Å². The molecule has 3 rings (SSSR count). The Kier molecular flexibility index (Phi) is 5.62. The monoisotopic (exact) mass is 308 g/mol. The summed E-state index contributed by atoms with van der Waals surface area (Å²) in [7, 11) is 0. The van der Waals surface area contributed by atoms with E-state index in [4.69, 9.17) is 13.9 Å². The van der Waals surface area contributed by atoms with Crippen molar-refractivity contribution in [3.05, 3.63) is 95.4 Å². The smallest absolute Gasteiger partial charge is 0.130 e. The molecule has 2 aromatic carbocycles. The summed E-state index contributed by atoms with van der Waals surface area (Å²) in [5.41, 5.74) is 2.32. The van der Waals surface area contributed by atoms with E-state index in [1.54, 1.807) is 0 Å². The van der Waals surface area contributed by atoms with Crippen LogP contribution in [0.15, 0.2) is 77.2 Å². The largest absolute Gasteiger partial charge is 0.461 e. The first-order chi connectivity index (χ1) is 11.4. The molecule has 0 aliphatic carbocycles. The second kappa shape index (κ2) is 8.32. The normalized spacial score (nSPS) is 10.8. The zero-order valence-electron chi connectivity index (χ0n) is 13.0. The molecule has 1 heterocycles. The van der Waals surface area contributed by atoms with Gasteiger partial charge in [0.05, 0.1) is 13.2 Å². The van der Waals surface area contributed by atoms with E-state index in [1.807, 2.05) is 72.8 Å². The first-order valence-electron chi connectivity index (χ1n) is 7.71. The van der Waals surface area contributed by atoms with Crippen molar-refractivity contribution in [1.29, 1.82) is 0 Å². The van der Waals surface area contributed by atoms with Gasteiger partial charge in [0.25, 0.3) is 0 Å². The van der Waals surface area contributed by atoms with E-state index < -0.39 is 0 Å². The Bertz CT molecular complexity index is 629. The number of hydrogen-bond acceptors (Lipinski definition) is 3. The number of rotatable bonds is 8. The molecule has 3 nitrogen and oxygen atoms in total. The minimum Gasteiger partial charge on any atom is -0.461 e. The van der Waals surface area contributed by atoms with E-state index in [2.05, 4.69) is 0 Å². The van der Waals surface area contributed by atoms with Gasteiger partial charge in [0.1, 0.15) is 24.7 Å². The van der Waals surface area contributed by atoms with E-state index in [0.29, 0.717) is 26.4 Å². The summed E-state index contributed by atoms with van der Waals surface area (Å²) in [6, 6.07) is 24.1. The van der Waals surface area contributed by atoms with Crippen molar-refractivity contribution in [3.8, 4) is 0 Å². The van der Waals surface area contributed by atoms with Crippen LogP contribution in [0.4, 0.5) is 0 Å². The summed E-state index contributed by atoms with van der Waals surface area (Å²) in [6.45, 7) is 2.10. The molecule has 0 fully saturated rings. The summed E-state index contributed by atoms with van der Waals surface area (Å²) in [6.07, 6.45) is 0. The lowest BCUT2D eigenvalue weighted by atomic mass is 10.2. The zero-order chi connectivity index (χ0) is 15.7. The molecule has 3 aromatic rings. The Morgan fingerprint density at radius 2 is 0.957 bits per heavy atom. The van der Waals surface area contributed by atoms with Crippen molar-refractivity contribution in [1.82, 2.24) is 0 Å². The maximum absolute atomic E-state index is 5.71. The highest BCUT2D eigenvalue weighted by atomic mass is 16.5. The highest BCUT2D eigenvalue weighted by molar-refractivity contribution is 5.14. The van der Waals surface area contributed by atoms with Gasteiger partial charge in [0.15, 0.2) is 0 Å². The summed E-state index contributed by atoms with van der Waals surface area (Å²) in [5, 5.41) is 0. The van der Waals surface area contributed by atoms with E-state index in [0.717, 1.165) is 22.6 Å². The van der Waals surface area contributed by atoms with Crippen molar-refractivity contribution in [2.45, 2.75) is 26.4 Å². The fourth-order valence-corrected chi connectivity index (χ4v) is 2.26. The minimum absolute atomic E-state index is 0.466. The van der Waals surface area contributed by atoms with Crippen LogP contribution in [0.3, 0.4) is 0 Å². The highest BCUT2D eigenvalue weighted by Gasteiger charge is 2.03. The van der Waals surface area contributed by atoms with E-state index in [9.17, 15) is 0 Å². The quantitative estimate of drug-likeness (QED) is 0.604. The fraction of sp³-hybridized carbons (Fsp3) is 0.200. The lowest BCUT2D eigenvalue weighted by Crippen LogP contribution is -1.93. The molecule has 0 spiro atoms. The molecule has 0 bridgehead atoms. The molecule has 0 amide bonds. The Hall–Kier alpha value is -2.36. The molecule has 118 valence electrons. The van der Waals surface area contributed by atoms with Crippen LogP contribution < -0.4 is 0 Å². The van der Waals surface area contributed by atoms with Gasteiger partial charge in [-0.25, -0.2) is 0 Å². The van der Waals surface area contributed by atoms with Gasteiger partial charge >= 0.3 is 0 Å². The molecule has 0 atom stereocenters. The predicted octanol–water partition coefficient (Wildman–Crippen LogP) is 4.71. The van der Waals surface area contributed by atoms with Crippen LogP contribution in [-0.2, 0) is 35.9 Å². The van der Waals surface area contributed by atoms with Gasteiger partial charge in [-0.05, 0) is 23.3 Å². The van der Waals surface area contributed by atoms with E-state index >= 15 is 0 Å². The van der Waals surface area contributed by atoms with Gasteiger partial charge in [-0.15, -0.1) is 0 Å². The third kappa shape index (κ3) is 5.09. The second-order valence-electron chi connectivity index (χ2n) is 5.32. The summed E-state index contributed by atoms with van der Waals surface area (Å²) >= 11 is 0. The van der Waals surface area contributed by atoms with Crippen LogP contribution >= 0.6 is 0 Å². The van der Waals surface area contributed by atoms with Crippen LogP contribution in [0, 0.1) is 0 Å². The van der Waals surface area contributed by atoms with Crippen molar-refractivity contribution < 1.29 is 13.9 Å². The van der Waals surface area contributed by atoms with Gasteiger partial charge in [0, 0.05) is 0 Å². The summed E-state index contributed by atoms with van der Waals surface area (Å²) in [5.74, 6) is 1.64. The lowest BCUT2D eigenvalue weighted by molar-refractivity contribution is 0.0770. The molecular weight excluding hydrogens is 288 g/mol. The highest BCUT2D eigenvalue weighted by Crippen LogP contribution is 2.12. The van der Waals surface area contributed by atoms with Crippen molar-refractivity contribution in [2.75, 3.05) is 0 Å². The predicted molar refractivity (Wildman–Crippen MR) is 88.6 cm³/mol. The lowest BCUT2D eigenvalue weighted by Gasteiger charge is -2.03. The molecule has 1 aromatic heterocycles. The van der Waals surface area contributed by atoms with Crippen LogP contribution in [0.1, 0.15) is 22.6 Å². The van der Waals surface area contributed by atoms with Crippen LogP contribution in [0.5, 0.6) is 0 Å². The van der Waals surface area contributed by atoms with Crippen molar-refractivity contribution in [3.63, 3.8) is 0 Å². The summed E-state index contributed by atoms with van der Waals surface area (Å²) < 4.78 is 17.0. The molecule has 0 saturated carbocycles. The van der Waals surface area contributed by atoms with Gasteiger partial charge in [-0.1, -0.05) is 60.7 Å². The number of benzene rings is 2. The molecule has 0 aliphatic rings. The molecule has 0 saturated heterocycles. The molecule has 0 unspecified atom stereocenters. The molecule has 0 radical (unpaired) electrons. The Labute approximate surface area is 136 Å². The summed E-state index contributed by atoms with van der Waals surface area (Å²) in [4.78, 5) is 0. The third-order valence-electron chi connectivity index (χ3n) is 3.43. The first-order valence-corrected chi connectivity index (χ1v) is 7.71. The average Bonchev–Trinajstić information content (AvgIpc) is 3.05. The molecule has 0 aliphatic heterocycles. The SMILES string of the molecule is c1ccc(COCc2ccc(COCc3ccccc3)o2)cc1. The van der Waals surface area contributed by atoms with Crippen molar-refractivity contribution in [2.24, 2.45) is 0 Å². The van der Waals surface area contributed by atoms with Crippen LogP contribution in [-0.4, -0.2) is 0 Å². The standard InChI is InChI=1S/C20H20O3/c1-3-7-17(8-4-1)13-21-15-19-11-12-20(23-19)16-22-14-18-9-5-2-6-10-18/h1-12H,13-16H2. The molecule has 3 heteroatoms. The maximum atomic E-state index is 5.71. The molecule has 23 heavy (non-hydrogen) atoms. The van der Waals surface area contributed by atoms with Crippen molar-refractivity contribution >= 4 is 0 Å². The topological polar surface area (TPSA) is 31.6 Å². The number of furan rings is 1. The second-order valence-corrected chi connectivity index (χ2v) is 5.32. The average molecular weight is 308 g/mol. The van der Waals surface area contributed by atoms with Gasteiger partial charge in [-0.3, -0.25) is 0 Å². The van der Waals surface area contributed by atoms with Crippen LogP contribution in [0.25, 0.3) is 0 Å². The maximum Gasteiger partial charge on any atom is 0.130 e. The third-order valence-corrected chi connectivity index (χ3v) is 3.43. The Balaban J connectivity index is 1.39. The molecule has 0 N–H and O–H groups in total. The minimum atomic E-state index is 0.466. The van der Waals surface area contributed by atoms with Gasteiger partial charge in [-0.2, -0.15) is 0 Å². The van der Waals surface area contributed by atoms with Gasteiger partial charge in [0.2, 0.25) is 0 Å². The van der Waals surface area contributed by atoms with E-state index in [-0.39, 0.29) is 0 Å². The zero-order valence-corrected chi connectivity index (χ0v) is 13.0. The van der Waals surface area contributed by atoms with Crippen LogP contribution in [0.2, 0.25) is 0 Å². The number of ether oxygens (including phenoxy) is 2.